The van der Waals surface area contributed by atoms with E-state index in [1.54, 1.807) is 0 Å². The van der Waals surface area contributed by atoms with E-state index in [0.29, 0.717) is 10.0 Å². The maximum Gasteiger partial charge on any atom is 0.399 e. The van der Waals surface area contributed by atoms with Gasteiger partial charge in [-0.2, -0.15) is 13.2 Å². The van der Waals surface area contributed by atoms with Gasteiger partial charge in [-0.25, -0.2) is 5.84 Å². The van der Waals surface area contributed by atoms with E-state index in [4.69, 9.17) is 40.6 Å². The summed E-state index contributed by atoms with van der Waals surface area (Å²) in [6.45, 7) is 0. The molecule has 3 nitrogen and oxygen atoms in total. The first-order chi connectivity index (χ1) is 12.9. The van der Waals surface area contributed by atoms with Crippen LogP contribution in [0.25, 0.3) is 6.08 Å². The van der Waals surface area contributed by atoms with E-state index in [2.05, 4.69) is 15.9 Å². The third-order valence-corrected chi connectivity index (χ3v) is 5.60. The highest BCUT2D eigenvalue weighted by atomic mass is 79.9. The number of carbonyl (C=O) groups excluding carboxylic acids is 1. The molecule has 2 aromatic carbocycles. The summed E-state index contributed by atoms with van der Waals surface area (Å²) in [6.07, 6.45) is -2.31. The van der Waals surface area contributed by atoms with Gasteiger partial charge in [0.25, 0.3) is 5.91 Å². The summed E-state index contributed by atoms with van der Waals surface area (Å²) in [5, 5.41) is 0.765. The highest BCUT2D eigenvalue weighted by Crippen LogP contribution is 2.41. The molecule has 0 radical (unpaired) electrons. The summed E-state index contributed by atoms with van der Waals surface area (Å²) in [6, 6.07) is 6.75. The predicted molar refractivity (Wildman–Crippen MR) is 110 cm³/mol. The standard InChI is InChI=1S/C18H13BrCl3F3N2O/c1-27(26)17(28)11-4-2-9(6-13(11)19)3-5-12(18(23,24)25)10-7-14(20)16(22)15(21)8-10/h2-8,12H,26H2,1H3/b5-3+. The van der Waals surface area contributed by atoms with Gasteiger partial charge >= 0.3 is 6.18 Å². The predicted octanol–water partition coefficient (Wildman–Crippen LogP) is 6.71. The highest BCUT2D eigenvalue weighted by molar-refractivity contribution is 9.10. The van der Waals surface area contributed by atoms with Crippen molar-refractivity contribution in [2.24, 2.45) is 5.84 Å². The summed E-state index contributed by atoms with van der Waals surface area (Å²) in [7, 11) is 1.39. The molecular formula is C18H13BrCl3F3N2O. The zero-order chi connectivity index (χ0) is 21.2. The average Bonchev–Trinajstić information content (AvgIpc) is 2.58. The minimum absolute atomic E-state index is 0.00829. The van der Waals surface area contributed by atoms with Crippen LogP contribution < -0.4 is 5.84 Å². The van der Waals surface area contributed by atoms with Crippen LogP contribution in [0.4, 0.5) is 13.2 Å². The van der Waals surface area contributed by atoms with Gasteiger partial charge in [-0.1, -0.05) is 53.0 Å². The zero-order valence-electron chi connectivity index (χ0n) is 14.2. The van der Waals surface area contributed by atoms with E-state index in [0.717, 1.165) is 23.2 Å². The molecule has 0 aliphatic rings. The number of halogens is 7. The second kappa shape index (κ2) is 9.05. The van der Waals surface area contributed by atoms with Gasteiger partial charge < -0.3 is 0 Å². The maximum absolute atomic E-state index is 13.6. The van der Waals surface area contributed by atoms with Crippen molar-refractivity contribution >= 4 is 62.7 Å². The average molecular weight is 517 g/mol. The Morgan fingerprint density at radius 3 is 2.21 bits per heavy atom. The monoisotopic (exact) mass is 514 g/mol. The second-order valence-corrected chi connectivity index (χ2v) is 7.88. The lowest BCUT2D eigenvalue weighted by atomic mass is 9.97. The lowest BCUT2D eigenvalue weighted by Crippen LogP contribution is -2.33. The van der Waals surface area contributed by atoms with Crippen LogP contribution in [0, 0.1) is 0 Å². The van der Waals surface area contributed by atoms with Crippen LogP contribution in [0.1, 0.15) is 27.4 Å². The van der Waals surface area contributed by atoms with Gasteiger partial charge in [-0.3, -0.25) is 9.80 Å². The number of nitrogens with zero attached hydrogens (tertiary/aromatic N) is 1. The molecule has 0 bridgehead atoms. The van der Waals surface area contributed by atoms with Gasteiger partial charge in [0.05, 0.1) is 26.5 Å². The Balaban J connectivity index is 2.40. The van der Waals surface area contributed by atoms with Crippen LogP contribution in [0.5, 0.6) is 0 Å². The van der Waals surface area contributed by atoms with Crippen LogP contribution >= 0.6 is 50.7 Å². The number of hydrogen-bond donors (Lipinski definition) is 1. The largest absolute Gasteiger partial charge is 0.399 e. The van der Waals surface area contributed by atoms with Gasteiger partial charge in [-0.05, 0) is 51.3 Å². The SMILES string of the molecule is CN(N)C(=O)c1ccc(/C=C/C(c2cc(Cl)c(Cl)c(Cl)c2)C(F)(F)F)cc1Br. The summed E-state index contributed by atoms with van der Waals surface area (Å²) in [5.41, 5.74) is 0.591. The molecule has 150 valence electrons. The van der Waals surface area contributed by atoms with Crippen molar-refractivity contribution in [3.63, 3.8) is 0 Å². The lowest BCUT2D eigenvalue weighted by Gasteiger charge is -2.18. The number of hydrazine groups is 1. The number of hydrogen-bond acceptors (Lipinski definition) is 2. The van der Waals surface area contributed by atoms with Crippen molar-refractivity contribution in [1.29, 1.82) is 0 Å². The van der Waals surface area contributed by atoms with Crippen molar-refractivity contribution in [2.75, 3.05) is 7.05 Å². The molecule has 0 heterocycles. The maximum atomic E-state index is 13.6. The van der Waals surface area contributed by atoms with E-state index in [1.165, 1.54) is 31.3 Å². The molecule has 10 heteroatoms. The Hall–Kier alpha value is -1.25. The fourth-order valence-electron chi connectivity index (χ4n) is 2.37. The Morgan fingerprint density at radius 2 is 1.75 bits per heavy atom. The molecule has 2 N–H and O–H groups in total. The Morgan fingerprint density at radius 1 is 1.18 bits per heavy atom. The van der Waals surface area contributed by atoms with E-state index in [-0.39, 0.29) is 26.2 Å². The molecule has 0 saturated carbocycles. The number of alkyl halides is 3. The summed E-state index contributed by atoms with van der Waals surface area (Å²) < 4.78 is 41.1. The van der Waals surface area contributed by atoms with Crippen molar-refractivity contribution in [2.45, 2.75) is 12.1 Å². The molecule has 1 atom stereocenters. The summed E-state index contributed by atoms with van der Waals surface area (Å²) in [4.78, 5) is 11.9. The van der Waals surface area contributed by atoms with Crippen molar-refractivity contribution in [3.8, 4) is 0 Å². The second-order valence-electron chi connectivity index (χ2n) is 5.83. The van der Waals surface area contributed by atoms with E-state index >= 15 is 0 Å². The number of nitrogens with two attached hydrogens (primary N) is 1. The first-order valence-corrected chi connectivity index (χ1v) is 9.56. The van der Waals surface area contributed by atoms with Gasteiger partial charge in [-0.15, -0.1) is 0 Å². The van der Waals surface area contributed by atoms with Crippen molar-refractivity contribution in [1.82, 2.24) is 5.01 Å². The number of rotatable bonds is 4. The number of carbonyl (C=O) groups is 1. The number of allylic oxidation sites excluding steroid dienone is 1. The molecule has 2 rings (SSSR count). The molecule has 0 aromatic heterocycles. The molecule has 1 amide bonds. The summed E-state index contributed by atoms with van der Waals surface area (Å²) in [5.74, 6) is 3.02. The third-order valence-electron chi connectivity index (χ3n) is 3.74. The Kier molecular flexibility index (Phi) is 7.44. The highest BCUT2D eigenvalue weighted by Gasteiger charge is 2.39. The third kappa shape index (κ3) is 5.42. The summed E-state index contributed by atoms with van der Waals surface area (Å²) >= 11 is 20.8. The Bertz CT molecular complexity index is 910. The van der Waals surface area contributed by atoms with Gasteiger partial charge in [0.1, 0.15) is 0 Å². The van der Waals surface area contributed by atoms with Crippen molar-refractivity contribution in [3.05, 3.63) is 72.6 Å². The van der Waals surface area contributed by atoms with Gasteiger partial charge in [0.15, 0.2) is 0 Å². The quantitative estimate of drug-likeness (QED) is 0.212. The van der Waals surface area contributed by atoms with E-state index < -0.39 is 18.0 Å². The Labute approximate surface area is 182 Å². The molecule has 0 spiro atoms. The number of benzene rings is 2. The normalized spacial score (nSPS) is 13.0. The van der Waals surface area contributed by atoms with E-state index in [1.807, 2.05) is 0 Å². The fraction of sp³-hybridized carbons (Fsp3) is 0.167. The molecule has 0 fully saturated rings. The topological polar surface area (TPSA) is 46.3 Å². The van der Waals surface area contributed by atoms with Crippen LogP contribution in [0.2, 0.25) is 15.1 Å². The van der Waals surface area contributed by atoms with Gasteiger partial charge in [0.2, 0.25) is 0 Å². The van der Waals surface area contributed by atoms with E-state index in [9.17, 15) is 18.0 Å². The molecule has 0 saturated heterocycles. The molecule has 28 heavy (non-hydrogen) atoms. The van der Waals surface area contributed by atoms with Crippen LogP contribution in [0.3, 0.4) is 0 Å². The van der Waals surface area contributed by atoms with Crippen LogP contribution in [0.15, 0.2) is 40.9 Å². The molecule has 0 aliphatic heterocycles. The minimum atomic E-state index is -4.58. The minimum Gasteiger partial charge on any atom is -0.280 e. The van der Waals surface area contributed by atoms with Crippen molar-refractivity contribution < 1.29 is 18.0 Å². The lowest BCUT2D eigenvalue weighted by molar-refractivity contribution is -0.139. The van der Waals surface area contributed by atoms with Crippen LogP contribution in [-0.4, -0.2) is 24.1 Å². The molecule has 1 unspecified atom stereocenters. The molecular weight excluding hydrogens is 503 g/mol. The first-order valence-electron chi connectivity index (χ1n) is 7.63. The van der Waals surface area contributed by atoms with Crippen LogP contribution in [-0.2, 0) is 0 Å². The fourth-order valence-corrected chi connectivity index (χ4v) is 3.55. The molecule has 2 aromatic rings. The van der Waals surface area contributed by atoms with Gasteiger partial charge in [0, 0.05) is 11.5 Å². The number of amides is 1. The molecule has 0 aliphatic carbocycles. The first kappa shape index (κ1) is 23.0. The zero-order valence-corrected chi connectivity index (χ0v) is 18.1. The smallest absolute Gasteiger partial charge is 0.280 e.